The molecule has 19 heavy (non-hydrogen) atoms. The molecule has 0 heterocycles. The van der Waals surface area contributed by atoms with Gasteiger partial charge in [-0.05, 0) is 18.6 Å². The largest absolute Gasteiger partial charge is 0.502 e. The van der Waals surface area contributed by atoms with E-state index in [9.17, 15) is 19.3 Å². The minimum Gasteiger partial charge on any atom is -0.502 e. The maximum atomic E-state index is 13.1. The molecule has 0 aliphatic heterocycles. The van der Waals surface area contributed by atoms with E-state index in [1.165, 1.54) is 12.3 Å². The van der Waals surface area contributed by atoms with Crippen LogP contribution in [0.4, 0.5) is 10.1 Å². The van der Waals surface area contributed by atoms with E-state index in [2.05, 4.69) is 11.9 Å². The Morgan fingerprint density at radius 2 is 2.32 bits per heavy atom. The molecule has 0 aliphatic carbocycles. The fourth-order valence-corrected chi connectivity index (χ4v) is 1.34. The monoisotopic (exact) mass is 268 g/mol. The van der Waals surface area contributed by atoms with Crippen LogP contribution in [-0.2, 0) is 4.74 Å². The molecule has 0 spiro atoms. The van der Waals surface area contributed by atoms with Crippen molar-refractivity contribution in [2.45, 2.75) is 6.42 Å². The highest BCUT2D eigenvalue weighted by molar-refractivity contribution is 5.94. The summed E-state index contributed by atoms with van der Waals surface area (Å²) < 4.78 is 17.9. The Morgan fingerprint density at radius 3 is 2.95 bits per heavy atom. The lowest BCUT2D eigenvalue weighted by Gasteiger charge is -2.05. The van der Waals surface area contributed by atoms with Crippen molar-refractivity contribution >= 4 is 11.6 Å². The minimum absolute atomic E-state index is 0.0396. The van der Waals surface area contributed by atoms with Gasteiger partial charge < -0.3 is 10.1 Å². The smallest absolute Gasteiger partial charge is 0.305 e. The van der Waals surface area contributed by atoms with Crippen molar-refractivity contribution in [1.82, 2.24) is 5.32 Å². The van der Waals surface area contributed by atoms with Gasteiger partial charge in [0.15, 0.2) is 0 Å². The van der Waals surface area contributed by atoms with Crippen molar-refractivity contribution in [3.8, 4) is 0 Å². The molecule has 1 rings (SSSR count). The van der Waals surface area contributed by atoms with Gasteiger partial charge in [-0.15, -0.1) is 0 Å². The van der Waals surface area contributed by atoms with E-state index in [1.807, 2.05) is 0 Å². The Hall–Kier alpha value is -2.44. The van der Waals surface area contributed by atoms with Crippen LogP contribution in [-0.4, -0.2) is 24.0 Å². The molecule has 0 aromatic heterocycles. The molecule has 1 aromatic carbocycles. The van der Waals surface area contributed by atoms with E-state index >= 15 is 0 Å². The van der Waals surface area contributed by atoms with Crippen LogP contribution in [0.3, 0.4) is 0 Å². The zero-order valence-electron chi connectivity index (χ0n) is 10.1. The number of benzene rings is 1. The third kappa shape index (κ3) is 4.38. The van der Waals surface area contributed by atoms with Gasteiger partial charge >= 0.3 is 5.69 Å². The van der Waals surface area contributed by atoms with Crippen molar-refractivity contribution < 1.29 is 18.8 Å². The fourth-order valence-electron chi connectivity index (χ4n) is 1.34. The second kappa shape index (κ2) is 7.10. The van der Waals surface area contributed by atoms with Crippen LogP contribution in [0.15, 0.2) is 31.0 Å². The van der Waals surface area contributed by atoms with Crippen molar-refractivity contribution in [2.75, 3.05) is 13.2 Å². The highest BCUT2D eigenvalue weighted by Gasteiger charge is 2.17. The van der Waals surface area contributed by atoms with E-state index in [-0.39, 0.29) is 5.56 Å². The third-order valence-corrected chi connectivity index (χ3v) is 2.25. The molecular formula is C12H13FN2O4. The summed E-state index contributed by atoms with van der Waals surface area (Å²) in [7, 11) is 0. The molecule has 0 bridgehead atoms. The topological polar surface area (TPSA) is 81.5 Å². The predicted octanol–water partition coefficient (Wildman–Crippen LogP) is 2.01. The number of nitrogens with one attached hydrogen (secondary N) is 1. The summed E-state index contributed by atoms with van der Waals surface area (Å²) in [5, 5.41) is 13.1. The number of nitro benzene ring substituents is 1. The quantitative estimate of drug-likeness (QED) is 0.355. The standard InChI is InChI=1S/C12H13FN2O4/c1-2-19-7-3-6-14-12(16)9-4-5-10(13)11(8-9)15(17)18/h2,4-5,8H,1,3,6-7H2,(H,14,16). The predicted molar refractivity (Wildman–Crippen MR) is 66.2 cm³/mol. The van der Waals surface area contributed by atoms with E-state index in [4.69, 9.17) is 4.74 Å². The molecule has 0 fully saturated rings. The number of nitrogens with zero attached hydrogens (tertiary/aromatic N) is 1. The summed E-state index contributed by atoms with van der Waals surface area (Å²) in [6, 6.07) is 3.00. The molecule has 0 atom stereocenters. The number of carbonyl (C=O) groups excluding carboxylic acids is 1. The zero-order valence-corrected chi connectivity index (χ0v) is 10.1. The number of amides is 1. The van der Waals surface area contributed by atoms with Gasteiger partial charge in [-0.25, -0.2) is 0 Å². The van der Waals surface area contributed by atoms with Gasteiger partial charge in [0.1, 0.15) is 0 Å². The van der Waals surface area contributed by atoms with Gasteiger partial charge in [-0.3, -0.25) is 14.9 Å². The Morgan fingerprint density at radius 1 is 1.58 bits per heavy atom. The summed E-state index contributed by atoms with van der Waals surface area (Å²) in [5.74, 6) is -1.47. The molecule has 0 saturated carbocycles. The molecular weight excluding hydrogens is 255 g/mol. The van der Waals surface area contributed by atoms with Gasteiger partial charge in [0.25, 0.3) is 5.91 Å². The number of halogens is 1. The number of ether oxygens (including phenoxy) is 1. The first-order valence-corrected chi connectivity index (χ1v) is 5.51. The van der Waals surface area contributed by atoms with Crippen LogP contribution >= 0.6 is 0 Å². The Labute approximate surface area is 109 Å². The Kier molecular flexibility index (Phi) is 5.46. The van der Waals surface area contributed by atoms with Crippen LogP contribution in [0.2, 0.25) is 0 Å². The van der Waals surface area contributed by atoms with E-state index in [0.717, 1.165) is 12.1 Å². The number of hydrogen-bond donors (Lipinski definition) is 1. The minimum atomic E-state index is -0.971. The van der Waals surface area contributed by atoms with Gasteiger partial charge in [0, 0.05) is 18.2 Å². The highest BCUT2D eigenvalue weighted by atomic mass is 19.1. The fraction of sp³-hybridized carbons (Fsp3) is 0.250. The van der Waals surface area contributed by atoms with E-state index < -0.39 is 22.3 Å². The third-order valence-electron chi connectivity index (χ3n) is 2.25. The van der Waals surface area contributed by atoms with Gasteiger partial charge in [0.05, 0.1) is 17.8 Å². The highest BCUT2D eigenvalue weighted by Crippen LogP contribution is 2.18. The second-order valence-corrected chi connectivity index (χ2v) is 3.57. The SMILES string of the molecule is C=COCCCNC(=O)c1ccc(F)c([N+](=O)[O-])c1. The lowest BCUT2D eigenvalue weighted by molar-refractivity contribution is -0.387. The molecule has 0 saturated heterocycles. The average molecular weight is 268 g/mol. The Balaban J connectivity index is 2.60. The molecule has 1 aromatic rings. The van der Waals surface area contributed by atoms with E-state index in [1.54, 1.807) is 0 Å². The molecule has 0 unspecified atom stereocenters. The van der Waals surface area contributed by atoms with Crippen LogP contribution in [0.5, 0.6) is 0 Å². The van der Waals surface area contributed by atoms with Crippen molar-refractivity contribution in [1.29, 1.82) is 0 Å². The molecule has 6 nitrogen and oxygen atoms in total. The summed E-state index contributed by atoms with van der Waals surface area (Å²) in [6.07, 6.45) is 1.87. The summed E-state index contributed by atoms with van der Waals surface area (Å²) in [6.45, 7) is 4.12. The summed E-state index contributed by atoms with van der Waals surface area (Å²) in [5.41, 5.74) is -0.680. The second-order valence-electron chi connectivity index (χ2n) is 3.57. The first-order chi connectivity index (χ1) is 9.06. The average Bonchev–Trinajstić information content (AvgIpc) is 2.38. The van der Waals surface area contributed by atoms with Crippen molar-refractivity contribution in [2.24, 2.45) is 0 Å². The van der Waals surface area contributed by atoms with Crippen LogP contribution < -0.4 is 5.32 Å². The van der Waals surface area contributed by atoms with Gasteiger partial charge in [0.2, 0.25) is 5.82 Å². The van der Waals surface area contributed by atoms with Gasteiger partial charge in [-0.1, -0.05) is 6.58 Å². The molecule has 7 heteroatoms. The van der Waals surface area contributed by atoms with Crippen LogP contribution in [0.1, 0.15) is 16.8 Å². The van der Waals surface area contributed by atoms with Crippen LogP contribution in [0, 0.1) is 15.9 Å². The maximum Gasteiger partial charge on any atom is 0.305 e. The van der Waals surface area contributed by atoms with E-state index in [0.29, 0.717) is 19.6 Å². The zero-order chi connectivity index (χ0) is 14.3. The molecule has 1 amide bonds. The molecule has 0 aliphatic rings. The lowest BCUT2D eigenvalue weighted by Crippen LogP contribution is -2.25. The van der Waals surface area contributed by atoms with Crippen molar-refractivity contribution in [3.05, 3.63) is 52.5 Å². The normalized spacial score (nSPS) is 9.74. The first-order valence-electron chi connectivity index (χ1n) is 5.51. The lowest BCUT2D eigenvalue weighted by atomic mass is 10.2. The Bertz CT molecular complexity index is 491. The molecule has 1 N–H and O–H groups in total. The number of carbonyl (C=O) groups is 1. The van der Waals surface area contributed by atoms with Crippen molar-refractivity contribution in [3.63, 3.8) is 0 Å². The van der Waals surface area contributed by atoms with Gasteiger partial charge in [-0.2, -0.15) is 4.39 Å². The summed E-state index contributed by atoms with van der Waals surface area (Å²) in [4.78, 5) is 21.3. The first kappa shape index (κ1) is 14.6. The summed E-state index contributed by atoms with van der Waals surface area (Å²) >= 11 is 0. The van der Waals surface area contributed by atoms with Crippen LogP contribution in [0.25, 0.3) is 0 Å². The maximum absolute atomic E-state index is 13.1. The number of rotatable bonds is 7. The number of nitro groups is 1. The number of hydrogen-bond acceptors (Lipinski definition) is 4. The molecule has 0 radical (unpaired) electrons. The molecule has 102 valence electrons.